The van der Waals surface area contributed by atoms with Crippen molar-refractivity contribution in [1.29, 1.82) is 0 Å². The number of hydrogen-bond acceptors (Lipinski definition) is 4. The van der Waals surface area contributed by atoms with Crippen LogP contribution < -0.4 is 15.8 Å². The molecule has 0 radical (unpaired) electrons. The molecular formula is C16H21FN2O3. The van der Waals surface area contributed by atoms with Gasteiger partial charge in [-0.25, -0.2) is 4.39 Å². The maximum atomic E-state index is 13.6. The monoisotopic (exact) mass is 308 g/mol. The number of benzene rings is 1. The van der Waals surface area contributed by atoms with Gasteiger partial charge in [-0.1, -0.05) is 0 Å². The van der Waals surface area contributed by atoms with Gasteiger partial charge in [0, 0.05) is 31.0 Å². The van der Waals surface area contributed by atoms with Gasteiger partial charge in [0.15, 0.2) is 17.3 Å². The van der Waals surface area contributed by atoms with Crippen molar-refractivity contribution in [2.45, 2.75) is 31.7 Å². The Bertz CT molecular complexity index is 558. The number of ether oxygens (including phenoxy) is 1. The molecule has 1 fully saturated rings. The van der Waals surface area contributed by atoms with Gasteiger partial charge in [0.05, 0.1) is 7.11 Å². The van der Waals surface area contributed by atoms with Gasteiger partial charge in [-0.2, -0.15) is 0 Å². The summed E-state index contributed by atoms with van der Waals surface area (Å²) >= 11 is 0. The standard InChI is InChI=1S/C16H21FN2O3/c1-22-15-6-4-11(8-12(15)17)14(20)5-7-16(21)19-13(9-18)10-2-3-10/h4,6,8,10,13H,2-3,5,7,9,18H2,1H3,(H,19,21). The highest BCUT2D eigenvalue weighted by Gasteiger charge is 2.31. The number of Topliss-reactive ketones (excluding diaryl/α,β-unsaturated/α-hetero) is 1. The summed E-state index contributed by atoms with van der Waals surface area (Å²) in [6.07, 6.45) is 2.30. The molecule has 0 heterocycles. The summed E-state index contributed by atoms with van der Waals surface area (Å²) in [5.41, 5.74) is 5.86. The summed E-state index contributed by atoms with van der Waals surface area (Å²) in [5.74, 6) is -0.489. The lowest BCUT2D eigenvalue weighted by Crippen LogP contribution is -2.41. The summed E-state index contributed by atoms with van der Waals surface area (Å²) in [5, 5.41) is 2.85. The van der Waals surface area contributed by atoms with Crippen LogP contribution in [0.3, 0.4) is 0 Å². The van der Waals surface area contributed by atoms with E-state index in [9.17, 15) is 14.0 Å². The number of rotatable bonds is 8. The first-order chi connectivity index (χ1) is 10.5. The molecule has 3 N–H and O–H groups in total. The molecule has 120 valence electrons. The van der Waals surface area contributed by atoms with Crippen molar-refractivity contribution in [2.75, 3.05) is 13.7 Å². The molecule has 1 unspecified atom stereocenters. The Labute approximate surface area is 129 Å². The summed E-state index contributed by atoms with van der Waals surface area (Å²) in [6, 6.07) is 4.03. The van der Waals surface area contributed by atoms with Gasteiger partial charge >= 0.3 is 0 Å². The predicted octanol–water partition coefficient (Wildman–Crippen LogP) is 1.65. The molecule has 0 aromatic heterocycles. The van der Waals surface area contributed by atoms with E-state index in [1.807, 2.05) is 0 Å². The molecule has 5 nitrogen and oxygen atoms in total. The zero-order chi connectivity index (χ0) is 16.1. The minimum Gasteiger partial charge on any atom is -0.494 e. The fraction of sp³-hybridized carbons (Fsp3) is 0.500. The number of carbonyl (C=O) groups excluding carboxylic acids is 2. The lowest BCUT2D eigenvalue weighted by Gasteiger charge is -2.15. The van der Waals surface area contributed by atoms with Crippen molar-refractivity contribution in [2.24, 2.45) is 11.7 Å². The van der Waals surface area contributed by atoms with Gasteiger partial charge in [0.2, 0.25) is 5.91 Å². The number of methoxy groups -OCH3 is 1. The molecule has 0 aliphatic heterocycles. The second kappa shape index (κ2) is 7.35. The third kappa shape index (κ3) is 4.27. The largest absolute Gasteiger partial charge is 0.494 e. The van der Waals surface area contributed by atoms with Crippen LogP contribution in [0.25, 0.3) is 0 Å². The molecular weight excluding hydrogens is 287 g/mol. The molecule has 0 saturated heterocycles. The van der Waals surface area contributed by atoms with Gasteiger partial charge in [-0.3, -0.25) is 9.59 Å². The lowest BCUT2D eigenvalue weighted by molar-refractivity contribution is -0.121. The van der Waals surface area contributed by atoms with E-state index in [4.69, 9.17) is 10.5 Å². The predicted molar refractivity (Wildman–Crippen MR) is 80.2 cm³/mol. The summed E-state index contributed by atoms with van der Waals surface area (Å²) in [6.45, 7) is 0.411. The number of nitrogens with two attached hydrogens (primary N) is 1. The van der Waals surface area contributed by atoms with E-state index < -0.39 is 5.82 Å². The highest BCUT2D eigenvalue weighted by Crippen LogP contribution is 2.32. The number of amides is 1. The Morgan fingerprint density at radius 1 is 1.41 bits per heavy atom. The molecule has 1 aliphatic rings. The van der Waals surface area contributed by atoms with Crippen LogP contribution in [0.5, 0.6) is 5.75 Å². The first-order valence-electron chi connectivity index (χ1n) is 7.41. The van der Waals surface area contributed by atoms with Gasteiger partial charge in [-0.05, 0) is 37.0 Å². The minimum absolute atomic E-state index is 0.000956. The van der Waals surface area contributed by atoms with Crippen molar-refractivity contribution < 1.29 is 18.7 Å². The van der Waals surface area contributed by atoms with Crippen molar-refractivity contribution >= 4 is 11.7 Å². The zero-order valence-electron chi connectivity index (χ0n) is 12.6. The highest BCUT2D eigenvalue weighted by atomic mass is 19.1. The first kappa shape index (κ1) is 16.4. The van der Waals surface area contributed by atoms with Crippen molar-refractivity contribution in [1.82, 2.24) is 5.32 Å². The average Bonchev–Trinajstić information content (AvgIpc) is 3.34. The fourth-order valence-corrected chi connectivity index (χ4v) is 2.36. The van der Waals surface area contributed by atoms with E-state index >= 15 is 0 Å². The number of ketones is 1. The van der Waals surface area contributed by atoms with E-state index in [2.05, 4.69) is 5.32 Å². The molecule has 0 bridgehead atoms. The maximum Gasteiger partial charge on any atom is 0.220 e. The molecule has 1 aliphatic carbocycles. The quantitative estimate of drug-likeness (QED) is 0.716. The van der Waals surface area contributed by atoms with E-state index in [-0.39, 0.29) is 41.9 Å². The molecule has 1 amide bonds. The molecule has 0 spiro atoms. The van der Waals surface area contributed by atoms with Crippen LogP contribution in [0.4, 0.5) is 4.39 Å². The van der Waals surface area contributed by atoms with Crippen LogP contribution in [0, 0.1) is 11.7 Å². The van der Waals surface area contributed by atoms with Gasteiger partial charge in [0.1, 0.15) is 0 Å². The van der Waals surface area contributed by atoms with E-state index in [0.717, 1.165) is 18.9 Å². The Morgan fingerprint density at radius 2 is 2.14 bits per heavy atom. The average molecular weight is 308 g/mol. The maximum absolute atomic E-state index is 13.6. The zero-order valence-corrected chi connectivity index (χ0v) is 12.6. The third-order valence-electron chi connectivity index (χ3n) is 3.84. The molecule has 1 aromatic rings. The van der Waals surface area contributed by atoms with Gasteiger partial charge < -0.3 is 15.8 Å². The van der Waals surface area contributed by atoms with Crippen molar-refractivity contribution in [3.05, 3.63) is 29.6 Å². The number of halogens is 1. The summed E-state index contributed by atoms with van der Waals surface area (Å²) in [4.78, 5) is 23.8. The smallest absolute Gasteiger partial charge is 0.220 e. The minimum atomic E-state index is -0.588. The molecule has 1 atom stereocenters. The van der Waals surface area contributed by atoms with Crippen LogP contribution >= 0.6 is 0 Å². The van der Waals surface area contributed by atoms with E-state index in [0.29, 0.717) is 12.5 Å². The van der Waals surface area contributed by atoms with E-state index in [1.165, 1.54) is 19.2 Å². The molecule has 6 heteroatoms. The Morgan fingerprint density at radius 3 is 2.68 bits per heavy atom. The number of carbonyl (C=O) groups is 2. The molecule has 22 heavy (non-hydrogen) atoms. The van der Waals surface area contributed by atoms with Crippen molar-refractivity contribution in [3.63, 3.8) is 0 Å². The van der Waals surface area contributed by atoms with Crippen LogP contribution in [0.1, 0.15) is 36.0 Å². The second-order valence-corrected chi connectivity index (χ2v) is 5.52. The third-order valence-corrected chi connectivity index (χ3v) is 3.84. The van der Waals surface area contributed by atoms with Crippen molar-refractivity contribution in [3.8, 4) is 5.75 Å². The summed E-state index contributed by atoms with van der Waals surface area (Å²) in [7, 11) is 1.36. The number of hydrogen-bond donors (Lipinski definition) is 2. The van der Waals surface area contributed by atoms with Crippen LogP contribution in [0.2, 0.25) is 0 Å². The van der Waals surface area contributed by atoms with Gasteiger partial charge in [-0.15, -0.1) is 0 Å². The SMILES string of the molecule is COc1ccc(C(=O)CCC(=O)NC(CN)C2CC2)cc1F. The van der Waals surface area contributed by atoms with Crippen LogP contribution in [-0.4, -0.2) is 31.4 Å². The normalized spacial score (nSPS) is 15.2. The Kier molecular flexibility index (Phi) is 5.49. The second-order valence-electron chi connectivity index (χ2n) is 5.52. The van der Waals surface area contributed by atoms with Crippen LogP contribution in [0.15, 0.2) is 18.2 Å². The lowest BCUT2D eigenvalue weighted by atomic mass is 10.1. The molecule has 1 saturated carbocycles. The Balaban J connectivity index is 1.84. The Hall–Kier alpha value is -1.95. The highest BCUT2D eigenvalue weighted by molar-refractivity contribution is 5.98. The molecule has 1 aromatic carbocycles. The van der Waals surface area contributed by atoms with E-state index in [1.54, 1.807) is 0 Å². The van der Waals surface area contributed by atoms with Crippen LogP contribution in [-0.2, 0) is 4.79 Å². The number of nitrogens with one attached hydrogen (secondary N) is 1. The molecule has 2 rings (SSSR count). The summed E-state index contributed by atoms with van der Waals surface area (Å²) < 4.78 is 18.4. The topological polar surface area (TPSA) is 81.4 Å². The fourth-order valence-electron chi connectivity index (χ4n) is 2.36. The first-order valence-corrected chi connectivity index (χ1v) is 7.41. The van der Waals surface area contributed by atoms with Gasteiger partial charge in [0.25, 0.3) is 0 Å².